The average Bonchev–Trinajstić information content (AvgIpc) is 2.81. The van der Waals surface area contributed by atoms with Crippen molar-refractivity contribution in [3.63, 3.8) is 0 Å². The third-order valence-corrected chi connectivity index (χ3v) is 5.63. The Hall–Kier alpha value is -3.39. The van der Waals surface area contributed by atoms with Crippen LogP contribution in [0.25, 0.3) is 0 Å². The van der Waals surface area contributed by atoms with Crippen molar-refractivity contribution in [2.24, 2.45) is 0 Å². The summed E-state index contributed by atoms with van der Waals surface area (Å²) in [5.74, 6) is 1.91. The first kappa shape index (κ1) is 24.3. The van der Waals surface area contributed by atoms with Crippen LogP contribution < -0.4 is 23.8 Å². The van der Waals surface area contributed by atoms with Gasteiger partial charge in [-0.25, -0.2) is 8.42 Å². The molecule has 3 aromatic carbocycles. The SMILES string of the molecule is COc1ccc(CCN(CCOc2ccccc2NS(C)(=O)=O)c2ccccc2)cc1OC. The fourth-order valence-electron chi connectivity index (χ4n) is 3.45. The van der Waals surface area contributed by atoms with Crippen LogP contribution in [-0.2, 0) is 16.4 Å². The van der Waals surface area contributed by atoms with Gasteiger partial charge in [-0.1, -0.05) is 36.4 Å². The lowest BCUT2D eigenvalue weighted by Crippen LogP contribution is -2.30. The van der Waals surface area contributed by atoms with Crippen LogP contribution in [0.1, 0.15) is 5.56 Å². The van der Waals surface area contributed by atoms with Crippen molar-refractivity contribution in [2.45, 2.75) is 6.42 Å². The fourth-order valence-corrected chi connectivity index (χ4v) is 4.02. The van der Waals surface area contributed by atoms with Crippen LogP contribution in [0.4, 0.5) is 11.4 Å². The van der Waals surface area contributed by atoms with Crippen molar-refractivity contribution in [2.75, 3.05) is 49.8 Å². The molecule has 0 saturated carbocycles. The van der Waals surface area contributed by atoms with Gasteiger partial charge < -0.3 is 19.1 Å². The van der Waals surface area contributed by atoms with E-state index in [0.29, 0.717) is 36.1 Å². The summed E-state index contributed by atoms with van der Waals surface area (Å²) >= 11 is 0. The second kappa shape index (κ2) is 11.5. The van der Waals surface area contributed by atoms with Crippen molar-refractivity contribution in [3.8, 4) is 17.2 Å². The van der Waals surface area contributed by atoms with Crippen LogP contribution in [0.15, 0.2) is 72.8 Å². The summed E-state index contributed by atoms with van der Waals surface area (Å²) in [6.45, 7) is 1.79. The number of sulfonamides is 1. The van der Waals surface area contributed by atoms with Crippen molar-refractivity contribution < 1.29 is 22.6 Å². The summed E-state index contributed by atoms with van der Waals surface area (Å²) in [6, 6.07) is 23.1. The highest BCUT2D eigenvalue weighted by Gasteiger charge is 2.11. The van der Waals surface area contributed by atoms with Crippen LogP contribution in [0.5, 0.6) is 17.2 Å². The van der Waals surface area contributed by atoms with Gasteiger partial charge in [0.2, 0.25) is 10.0 Å². The Morgan fingerprint density at radius 2 is 1.52 bits per heavy atom. The van der Waals surface area contributed by atoms with Gasteiger partial charge in [0.15, 0.2) is 11.5 Å². The third-order valence-electron chi connectivity index (χ3n) is 5.04. The summed E-state index contributed by atoms with van der Waals surface area (Å²) in [7, 11) is -0.140. The van der Waals surface area contributed by atoms with Crippen molar-refractivity contribution in [1.82, 2.24) is 0 Å². The summed E-state index contributed by atoms with van der Waals surface area (Å²) in [5.41, 5.74) is 2.65. The molecular weight excluding hydrogens is 440 g/mol. The highest BCUT2D eigenvalue weighted by molar-refractivity contribution is 7.92. The largest absolute Gasteiger partial charge is 0.493 e. The highest BCUT2D eigenvalue weighted by Crippen LogP contribution is 2.28. The molecule has 8 heteroatoms. The lowest BCUT2D eigenvalue weighted by atomic mass is 10.1. The van der Waals surface area contributed by atoms with Crippen molar-refractivity contribution in [3.05, 3.63) is 78.4 Å². The maximum atomic E-state index is 11.6. The number of hydrogen-bond acceptors (Lipinski definition) is 6. The molecule has 176 valence electrons. The van der Waals surface area contributed by atoms with Crippen LogP contribution in [0.3, 0.4) is 0 Å². The molecule has 0 aliphatic rings. The number of nitrogens with one attached hydrogen (secondary N) is 1. The normalized spacial score (nSPS) is 11.0. The van der Waals surface area contributed by atoms with Gasteiger partial charge in [-0.05, 0) is 48.4 Å². The molecule has 0 aromatic heterocycles. The Bertz CT molecular complexity index is 1140. The van der Waals surface area contributed by atoms with E-state index >= 15 is 0 Å². The number of hydrogen-bond donors (Lipinski definition) is 1. The maximum Gasteiger partial charge on any atom is 0.229 e. The first-order valence-electron chi connectivity index (χ1n) is 10.6. The van der Waals surface area contributed by atoms with Crippen molar-refractivity contribution in [1.29, 1.82) is 0 Å². The van der Waals surface area contributed by atoms with E-state index in [1.807, 2.05) is 42.5 Å². The lowest BCUT2D eigenvalue weighted by molar-refractivity contribution is 0.325. The molecule has 0 spiro atoms. The van der Waals surface area contributed by atoms with E-state index in [9.17, 15) is 8.42 Å². The van der Waals surface area contributed by atoms with Crippen LogP contribution in [0, 0.1) is 0 Å². The quantitative estimate of drug-likeness (QED) is 0.427. The van der Waals surface area contributed by atoms with Gasteiger partial charge in [0.05, 0.1) is 32.7 Å². The highest BCUT2D eigenvalue weighted by atomic mass is 32.2. The van der Waals surface area contributed by atoms with Gasteiger partial charge in [-0.2, -0.15) is 0 Å². The molecule has 0 unspecified atom stereocenters. The molecule has 7 nitrogen and oxygen atoms in total. The Morgan fingerprint density at radius 3 is 2.21 bits per heavy atom. The molecule has 3 aromatic rings. The number of benzene rings is 3. The van der Waals surface area contributed by atoms with E-state index in [-0.39, 0.29) is 0 Å². The number of para-hydroxylation sites is 3. The smallest absolute Gasteiger partial charge is 0.229 e. The van der Waals surface area contributed by atoms with Gasteiger partial charge in [-0.3, -0.25) is 4.72 Å². The van der Waals surface area contributed by atoms with Gasteiger partial charge >= 0.3 is 0 Å². The zero-order valence-electron chi connectivity index (χ0n) is 19.2. The number of methoxy groups -OCH3 is 2. The molecule has 33 heavy (non-hydrogen) atoms. The zero-order chi connectivity index (χ0) is 23.7. The van der Waals surface area contributed by atoms with E-state index in [2.05, 4.69) is 21.8 Å². The fraction of sp³-hybridized carbons (Fsp3) is 0.280. The Balaban J connectivity index is 1.68. The molecule has 0 fully saturated rings. The molecule has 0 aliphatic carbocycles. The average molecular weight is 471 g/mol. The van der Waals surface area contributed by atoms with E-state index in [0.717, 1.165) is 30.5 Å². The Labute approximate surface area is 196 Å². The van der Waals surface area contributed by atoms with Gasteiger partial charge in [0.25, 0.3) is 0 Å². The zero-order valence-corrected chi connectivity index (χ0v) is 20.0. The standard InChI is InChI=1S/C25H30N2O5S/c1-30-24-14-13-20(19-25(24)31-2)15-16-27(21-9-5-4-6-10-21)17-18-32-23-12-8-7-11-22(23)26-33(3,28)29/h4-14,19,26H,15-18H2,1-3H3. The minimum atomic E-state index is -3.39. The van der Waals surface area contributed by atoms with E-state index < -0.39 is 10.0 Å². The number of anilines is 2. The Morgan fingerprint density at radius 1 is 0.818 bits per heavy atom. The van der Waals surface area contributed by atoms with E-state index in [1.165, 1.54) is 0 Å². The van der Waals surface area contributed by atoms with Crippen LogP contribution >= 0.6 is 0 Å². The van der Waals surface area contributed by atoms with Gasteiger partial charge in [-0.15, -0.1) is 0 Å². The molecule has 0 heterocycles. The summed E-state index contributed by atoms with van der Waals surface area (Å²) in [6.07, 6.45) is 1.93. The summed E-state index contributed by atoms with van der Waals surface area (Å²) in [4.78, 5) is 2.24. The minimum Gasteiger partial charge on any atom is -0.493 e. The van der Waals surface area contributed by atoms with Gasteiger partial charge in [0.1, 0.15) is 12.4 Å². The monoisotopic (exact) mass is 470 g/mol. The van der Waals surface area contributed by atoms with Crippen LogP contribution in [0.2, 0.25) is 0 Å². The number of rotatable bonds is 12. The Kier molecular flexibility index (Phi) is 8.43. The molecule has 0 atom stereocenters. The topological polar surface area (TPSA) is 77.1 Å². The van der Waals surface area contributed by atoms with Crippen molar-refractivity contribution >= 4 is 21.4 Å². The second-order valence-electron chi connectivity index (χ2n) is 7.48. The minimum absolute atomic E-state index is 0.392. The molecule has 1 N–H and O–H groups in total. The molecular formula is C25H30N2O5S. The van der Waals surface area contributed by atoms with Crippen LogP contribution in [-0.4, -0.2) is 48.6 Å². The molecule has 0 saturated heterocycles. The molecule has 0 amide bonds. The predicted molar refractivity (Wildman–Crippen MR) is 132 cm³/mol. The second-order valence-corrected chi connectivity index (χ2v) is 9.23. The molecule has 0 bridgehead atoms. The summed E-state index contributed by atoms with van der Waals surface area (Å²) < 4.78 is 42.5. The number of ether oxygens (including phenoxy) is 3. The molecule has 0 radical (unpaired) electrons. The first-order chi connectivity index (χ1) is 15.9. The lowest BCUT2D eigenvalue weighted by Gasteiger charge is -2.25. The third kappa shape index (κ3) is 7.32. The predicted octanol–water partition coefficient (Wildman–Crippen LogP) is 4.20. The van der Waals surface area contributed by atoms with E-state index in [4.69, 9.17) is 14.2 Å². The molecule has 0 aliphatic heterocycles. The van der Waals surface area contributed by atoms with E-state index in [1.54, 1.807) is 32.4 Å². The number of nitrogens with zero attached hydrogens (tertiary/aromatic N) is 1. The van der Waals surface area contributed by atoms with Gasteiger partial charge in [0, 0.05) is 12.2 Å². The summed E-state index contributed by atoms with van der Waals surface area (Å²) in [5, 5.41) is 0. The maximum absolute atomic E-state index is 11.6. The molecule has 3 rings (SSSR count). The first-order valence-corrected chi connectivity index (χ1v) is 12.5.